The monoisotopic (exact) mass is 243 g/mol. The summed E-state index contributed by atoms with van der Waals surface area (Å²) in [5.74, 6) is 0.486. The molecule has 4 nitrogen and oxygen atoms in total. The van der Waals surface area contributed by atoms with E-state index in [1.54, 1.807) is 24.3 Å². The first kappa shape index (κ1) is 12.6. The maximum absolute atomic E-state index is 11.9. The highest BCUT2D eigenvalue weighted by atomic mass is 16.1. The Morgan fingerprint density at radius 1 is 1.61 bits per heavy atom. The van der Waals surface area contributed by atoms with Crippen molar-refractivity contribution in [1.29, 1.82) is 5.26 Å². The number of amides is 1. The number of nitriles is 1. The van der Waals surface area contributed by atoms with Gasteiger partial charge in [0.15, 0.2) is 0 Å². The average molecular weight is 243 g/mol. The van der Waals surface area contributed by atoms with Crippen LogP contribution in [0.3, 0.4) is 0 Å². The quantitative estimate of drug-likeness (QED) is 0.881. The number of carbonyl (C=O) groups excluding carboxylic acids is 1. The van der Waals surface area contributed by atoms with E-state index in [1.165, 1.54) is 0 Å². The van der Waals surface area contributed by atoms with Crippen LogP contribution in [0.15, 0.2) is 24.3 Å². The van der Waals surface area contributed by atoms with Crippen LogP contribution in [0, 0.1) is 17.2 Å². The summed E-state index contributed by atoms with van der Waals surface area (Å²) in [4.78, 5) is 14.1. The van der Waals surface area contributed by atoms with E-state index in [9.17, 15) is 4.79 Å². The van der Waals surface area contributed by atoms with E-state index in [0.717, 1.165) is 19.5 Å². The number of hydrogen-bond donors (Lipinski definition) is 1. The largest absolute Gasteiger partial charge is 0.326 e. The zero-order valence-corrected chi connectivity index (χ0v) is 10.5. The maximum atomic E-state index is 11.9. The lowest BCUT2D eigenvalue weighted by Gasteiger charge is -2.10. The minimum Gasteiger partial charge on any atom is -0.326 e. The normalized spacial score (nSPS) is 19.4. The summed E-state index contributed by atoms with van der Waals surface area (Å²) in [5, 5.41) is 11.6. The van der Waals surface area contributed by atoms with Gasteiger partial charge in [0.2, 0.25) is 5.91 Å². The lowest BCUT2D eigenvalue weighted by molar-refractivity contribution is -0.117. The summed E-state index contributed by atoms with van der Waals surface area (Å²) in [6, 6.07) is 9.06. The summed E-state index contributed by atoms with van der Waals surface area (Å²) in [6.07, 6.45) is 1.64. The van der Waals surface area contributed by atoms with E-state index in [-0.39, 0.29) is 5.91 Å². The molecule has 1 aliphatic heterocycles. The average Bonchev–Trinajstić information content (AvgIpc) is 2.74. The van der Waals surface area contributed by atoms with Gasteiger partial charge in [-0.05, 0) is 44.1 Å². The number of likely N-dealkylation sites (tertiary alicyclic amines) is 1. The van der Waals surface area contributed by atoms with Gasteiger partial charge in [0.25, 0.3) is 0 Å². The molecule has 1 amide bonds. The van der Waals surface area contributed by atoms with Gasteiger partial charge in [0.1, 0.15) is 0 Å². The molecule has 0 bridgehead atoms. The molecule has 0 aromatic heterocycles. The second-order valence-electron chi connectivity index (χ2n) is 4.86. The molecule has 1 unspecified atom stereocenters. The fourth-order valence-electron chi connectivity index (χ4n) is 2.33. The third kappa shape index (κ3) is 3.31. The lowest BCUT2D eigenvalue weighted by atomic mass is 10.0. The molecule has 1 saturated heterocycles. The molecule has 1 atom stereocenters. The van der Waals surface area contributed by atoms with Crippen LogP contribution in [0.25, 0.3) is 0 Å². The Balaban J connectivity index is 1.89. The number of benzene rings is 1. The molecule has 1 heterocycles. The minimum atomic E-state index is 0.0328. The standard InChI is InChI=1S/C14H17N3O/c1-17-6-5-12(10-17)8-14(18)16-13-4-2-3-11(7-13)9-15/h2-4,7,12H,5-6,8,10H2,1H3,(H,16,18). The smallest absolute Gasteiger partial charge is 0.224 e. The van der Waals surface area contributed by atoms with Crippen LogP contribution in [0.5, 0.6) is 0 Å². The molecule has 94 valence electrons. The van der Waals surface area contributed by atoms with Crippen molar-refractivity contribution in [2.75, 3.05) is 25.5 Å². The molecule has 1 N–H and O–H groups in total. The molecule has 1 aliphatic rings. The number of nitrogens with zero attached hydrogens (tertiary/aromatic N) is 2. The molecular weight excluding hydrogens is 226 g/mol. The topological polar surface area (TPSA) is 56.1 Å². The molecule has 2 rings (SSSR count). The Morgan fingerprint density at radius 2 is 2.44 bits per heavy atom. The van der Waals surface area contributed by atoms with Gasteiger partial charge in [-0.15, -0.1) is 0 Å². The van der Waals surface area contributed by atoms with Gasteiger partial charge in [-0.3, -0.25) is 4.79 Å². The van der Waals surface area contributed by atoms with Gasteiger partial charge < -0.3 is 10.2 Å². The second kappa shape index (κ2) is 5.65. The van der Waals surface area contributed by atoms with Crippen molar-refractivity contribution < 1.29 is 4.79 Å². The van der Waals surface area contributed by atoms with Crippen LogP contribution >= 0.6 is 0 Å². The van der Waals surface area contributed by atoms with E-state index in [4.69, 9.17) is 5.26 Å². The molecular formula is C14H17N3O. The van der Waals surface area contributed by atoms with E-state index >= 15 is 0 Å². The van der Waals surface area contributed by atoms with Gasteiger partial charge in [-0.1, -0.05) is 6.07 Å². The molecule has 0 spiro atoms. The van der Waals surface area contributed by atoms with Gasteiger partial charge >= 0.3 is 0 Å². The highest BCUT2D eigenvalue weighted by Crippen LogP contribution is 2.19. The molecule has 0 aliphatic carbocycles. The Bertz CT molecular complexity index is 478. The van der Waals surface area contributed by atoms with Gasteiger partial charge in [0.05, 0.1) is 11.6 Å². The van der Waals surface area contributed by atoms with Crippen molar-refractivity contribution in [3.8, 4) is 6.07 Å². The van der Waals surface area contributed by atoms with Crippen molar-refractivity contribution in [2.24, 2.45) is 5.92 Å². The van der Waals surface area contributed by atoms with Gasteiger partial charge in [-0.25, -0.2) is 0 Å². The van der Waals surface area contributed by atoms with E-state index < -0.39 is 0 Å². The van der Waals surface area contributed by atoms with Crippen LogP contribution in [0.1, 0.15) is 18.4 Å². The maximum Gasteiger partial charge on any atom is 0.224 e. The van der Waals surface area contributed by atoms with Crippen molar-refractivity contribution >= 4 is 11.6 Å². The molecule has 18 heavy (non-hydrogen) atoms. The summed E-state index contributed by atoms with van der Waals surface area (Å²) < 4.78 is 0. The van der Waals surface area contributed by atoms with Crippen molar-refractivity contribution in [3.63, 3.8) is 0 Å². The van der Waals surface area contributed by atoms with Crippen molar-refractivity contribution in [1.82, 2.24) is 4.90 Å². The molecule has 0 radical (unpaired) electrons. The van der Waals surface area contributed by atoms with Crippen LogP contribution in [-0.4, -0.2) is 30.9 Å². The Hall–Kier alpha value is -1.86. The number of carbonyl (C=O) groups is 1. The van der Waals surface area contributed by atoms with Crippen LogP contribution in [0.2, 0.25) is 0 Å². The highest BCUT2D eigenvalue weighted by molar-refractivity contribution is 5.91. The first-order valence-electron chi connectivity index (χ1n) is 6.16. The minimum absolute atomic E-state index is 0.0328. The predicted molar refractivity (Wildman–Crippen MR) is 70.0 cm³/mol. The Kier molecular flexibility index (Phi) is 3.96. The summed E-state index contributed by atoms with van der Waals surface area (Å²) in [6.45, 7) is 2.06. The van der Waals surface area contributed by atoms with Crippen LogP contribution in [0.4, 0.5) is 5.69 Å². The Labute approximate surface area is 107 Å². The number of anilines is 1. The Morgan fingerprint density at radius 3 is 3.11 bits per heavy atom. The van der Waals surface area contributed by atoms with Gasteiger partial charge in [-0.2, -0.15) is 5.26 Å². The van der Waals surface area contributed by atoms with E-state index in [2.05, 4.69) is 23.3 Å². The molecule has 1 aromatic carbocycles. The second-order valence-corrected chi connectivity index (χ2v) is 4.86. The van der Waals surface area contributed by atoms with Crippen LogP contribution < -0.4 is 5.32 Å². The predicted octanol–water partition coefficient (Wildman–Crippen LogP) is 1.84. The number of hydrogen-bond acceptors (Lipinski definition) is 3. The molecule has 1 aromatic rings. The first-order valence-corrected chi connectivity index (χ1v) is 6.16. The van der Waals surface area contributed by atoms with E-state index in [0.29, 0.717) is 23.6 Å². The number of nitrogens with one attached hydrogen (secondary N) is 1. The zero-order chi connectivity index (χ0) is 13.0. The zero-order valence-electron chi connectivity index (χ0n) is 10.5. The van der Waals surface area contributed by atoms with Crippen molar-refractivity contribution in [2.45, 2.75) is 12.8 Å². The lowest BCUT2D eigenvalue weighted by Crippen LogP contribution is -2.19. The van der Waals surface area contributed by atoms with Crippen molar-refractivity contribution in [3.05, 3.63) is 29.8 Å². The number of rotatable bonds is 3. The van der Waals surface area contributed by atoms with Gasteiger partial charge in [0, 0.05) is 18.7 Å². The van der Waals surface area contributed by atoms with E-state index in [1.807, 2.05) is 0 Å². The molecule has 1 fully saturated rings. The molecule has 0 saturated carbocycles. The third-order valence-corrected chi connectivity index (χ3v) is 3.24. The fourth-order valence-corrected chi connectivity index (χ4v) is 2.33. The first-order chi connectivity index (χ1) is 8.67. The third-order valence-electron chi connectivity index (χ3n) is 3.24. The molecule has 4 heteroatoms. The SMILES string of the molecule is CN1CCC(CC(=O)Nc2cccc(C#N)c2)C1. The highest BCUT2D eigenvalue weighted by Gasteiger charge is 2.21. The summed E-state index contributed by atoms with van der Waals surface area (Å²) >= 11 is 0. The van der Waals surface area contributed by atoms with Crippen LogP contribution in [-0.2, 0) is 4.79 Å². The summed E-state index contributed by atoms with van der Waals surface area (Å²) in [5.41, 5.74) is 1.26. The fraction of sp³-hybridized carbons (Fsp3) is 0.429. The summed E-state index contributed by atoms with van der Waals surface area (Å²) in [7, 11) is 2.08.